The molecule has 316 valence electrons. The molecule has 0 aromatic heterocycles. The largest absolute Gasteiger partial charge is 0.484 e. The summed E-state index contributed by atoms with van der Waals surface area (Å²) in [5.74, 6) is -0.0210. The topological polar surface area (TPSA) is 187 Å². The van der Waals surface area contributed by atoms with Gasteiger partial charge < -0.3 is 29.7 Å². The number of nitrogens with zero attached hydrogens (tertiary/aromatic N) is 3. The minimum atomic E-state index is -1.15. The van der Waals surface area contributed by atoms with Gasteiger partial charge >= 0.3 is 6.09 Å². The maximum absolute atomic E-state index is 13.3. The van der Waals surface area contributed by atoms with Crippen LogP contribution in [0.2, 0.25) is 0 Å². The van der Waals surface area contributed by atoms with Crippen LogP contribution in [0.3, 0.4) is 0 Å². The van der Waals surface area contributed by atoms with Crippen molar-refractivity contribution in [3.8, 4) is 11.5 Å². The molecule has 0 bridgehead atoms. The van der Waals surface area contributed by atoms with E-state index < -0.39 is 57.0 Å². The maximum atomic E-state index is 13.3. The van der Waals surface area contributed by atoms with Gasteiger partial charge in [-0.15, -0.1) is 0 Å². The van der Waals surface area contributed by atoms with Gasteiger partial charge in [0.1, 0.15) is 52.1 Å². The van der Waals surface area contributed by atoms with E-state index in [0.29, 0.717) is 36.3 Å². The van der Waals surface area contributed by atoms with Crippen molar-refractivity contribution in [2.75, 3.05) is 13.1 Å². The molecule has 1 amide bonds. The molecule has 0 spiro atoms. The number of non-ortho nitro benzene ring substituents is 2. The number of fused-ring (bicyclic) bond motifs is 2. The highest BCUT2D eigenvalue weighted by Crippen LogP contribution is 2.45. The Kier molecular flexibility index (Phi) is 13.3. The highest BCUT2D eigenvalue weighted by atomic mass is 19.1. The molecule has 0 radical (unpaired) electrons. The van der Waals surface area contributed by atoms with Crippen molar-refractivity contribution in [3.63, 3.8) is 0 Å². The van der Waals surface area contributed by atoms with Crippen LogP contribution in [0, 0.1) is 31.9 Å². The molecule has 3 N–H and O–H groups in total. The quantitative estimate of drug-likeness (QED) is 0.104. The minimum Gasteiger partial charge on any atom is -0.484 e. The van der Waals surface area contributed by atoms with Crippen molar-refractivity contribution >= 4 is 17.5 Å². The Labute approximate surface area is 341 Å². The van der Waals surface area contributed by atoms with Gasteiger partial charge in [-0.1, -0.05) is 24.3 Å². The molecule has 4 aromatic carbocycles. The second-order valence-corrected chi connectivity index (χ2v) is 16.6. The summed E-state index contributed by atoms with van der Waals surface area (Å²) in [5, 5.41) is 47.5. The molecule has 16 heteroatoms. The summed E-state index contributed by atoms with van der Waals surface area (Å²) in [7, 11) is 0. The third-order valence-electron chi connectivity index (χ3n) is 10.1. The third-order valence-corrected chi connectivity index (χ3v) is 10.1. The zero-order valence-corrected chi connectivity index (χ0v) is 34.0. The number of hydrogen-bond acceptors (Lipinski definition) is 11. The van der Waals surface area contributed by atoms with Crippen LogP contribution >= 0.6 is 0 Å². The van der Waals surface area contributed by atoms with Crippen LogP contribution in [0.15, 0.2) is 84.9 Å². The third kappa shape index (κ3) is 10.9. The number of carbonyl (C=O) groups excluding carboxylic acids is 1. The van der Waals surface area contributed by atoms with E-state index in [4.69, 9.17) is 14.2 Å². The maximum Gasteiger partial charge on any atom is 0.410 e. The van der Waals surface area contributed by atoms with Crippen LogP contribution in [0.1, 0.15) is 82.8 Å². The highest BCUT2D eigenvalue weighted by molar-refractivity contribution is 5.70. The number of nitro benzene ring substituents is 2. The van der Waals surface area contributed by atoms with Gasteiger partial charge in [0.2, 0.25) is 0 Å². The molecule has 0 fully saturated rings. The number of hydrogen-bond donors (Lipinski definition) is 3. The first-order valence-corrected chi connectivity index (χ1v) is 19.1. The standard InChI is InChI=1S/C24H29FN2O6.C19H21FN2O4/c1-23(2,3)33-22(29)26(13-12-15-6-8-16(25)9-7-15)20-18-11-10-17(27(30)31)14-19(18)32-24(4,5)21(20)28;1-19(2)18(23)17(21-10-9-12-3-5-13(20)6-4-12)15-8-7-14(22(24)25)11-16(15)26-19/h6-11,14,20-21,28H,12-13H2,1-5H3;3-8,11,17-18,21,23H,9-10H2,1-2H3/t20-,21+;17-,18+/m00/s1. The Morgan fingerprint density at radius 1 is 0.763 bits per heavy atom. The molecule has 0 saturated heterocycles. The second kappa shape index (κ2) is 17.6. The Morgan fingerprint density at radius 2 is 1.22 bits per heavy atom. The molecule has 0 unspecified atom stereocenters. The van der Waals surface area contributed by atoms with Crippen molar-refractivity contribution in [1.29, 1.82) is 0 Å². The summed E-state index contributed by atoms with van der Waals surface area (Å²) < 4.78 is 43.6. The summed E-state index contributed by atoms with van der Waals surface area (Å²) in [5.41, 5.74) is -0.124. The Hall–Kier alpha value is -5.71. The number of nitrogens with one attached hydrogen (secondary N) is 1. The molecule has 4 atom stereocenters. The Morgan fingerprint density at radius 3 is 1.71 bits per heavy atom. The molecule has 0 saturated carbocycles. The van der Waals surface area contributed by atoms with Crippen molar-refractivity contribution in [1.82, 2.24) is 10.2 Å². The first-order chi connectivity index (χ1) is 27.6. The van der Waals surface area contributed by atoms with Gasteiger partial charge in [0.25, 0.3) is 11.4 Å². The number of aliphatic hydroxyl groups is 2. The lowest BCUT2D eigenvalue weighted by molar-refractivity contribution is -0.385. The lowest BCUT2D eigenvalue weighted by Gasteiger charge is -2.46. The van der Waals surface area contributed by atoms with Crippen molar-refractivity contribution < 1.29 is 47.8 Å². The predicted molar refractivity (Wildman–Crippen MR) is 214 cm³/mol. The smallest absolute Gasteiger partial charge is 0.410 e. The van der Waals surface area contributed by atoms with Crippen LogP contribution in [0.5, 0.6) is 11.5 Å². The molecule has 59 heavy (non-hydrogen) atoms. The van der Waals surface area contributed by atoms with E-state index in [9.17, 15) is 44.0 Å². The number of halogens is 2. The number of ether oxygens (including phenoxy) is 3. The highest BCUT2D eigenvalue weighted by Gasteiger charge is 2.48. The van der Waals surface area contributed by atoms with E-state index in [2.05, 4.69) is 5.32 Å². The Bertz CT molecular complexity index is 2140. The molecular formula is C43H50F2N4O10. The first-order valence-electron chi connectivity index (χ1n) is 19.1. The van der Waals surface area contributed by atoms with Crippen molar-refractivity contribution in [2.45, 2.75) is 102 Å². The normalized spacial score (nSPS) is 20.0. The van der Waals surface area contributed by atoms with Gasteiger partial charge in [0.05, 0.1) is 34.1 Å². The van der Waals surface area contributed by atoms with Gasteiger partial charge in [0.15, 0.2) is 0 Å². The van der Waals surface area contributed by atoms with Gasteiger partial charge in [0, 0.05) is 29.8 Å². The SMILES string of the molecule is CC(C)(C)OC(=O)N(CCc1ccc(F)cc1)[C@H]1c2ccc([N+](=O)[O-])cc2OC(C)(C)[C@@H]1O.CC1(C)Oc2cc([N+](=O)[O-])ccc2[C@H](NCCc2ccc(F)cc2)[C@H]1O. The monoisotopic (exact) mass is 820 g/mol. The van der Waals surface area contributed by atoms with Gasteiger partial charge in [-0.3, -0.25) is 25.1 Å². The van der Waals surface area contributed by atoms with E-state index in [-0.39, 0.29) is 35.3 Å². The minimum absolute atomic E-state index is 0.0546. The number of benzene rings is 4. The van der Waals surface area contributed by atoms with Gasteiger partial charge in [-0.2, -0.15) is 0 Å². The van der Waals surface area contributed by atoms with E-state index in [0.717, 1.165) is 11.1 Å². The number of aliphatic hydroxyl groups excluding tert-OH is 2. The molecule has 2 aliphatic rings. The zero-order chi connectivity index (χ0) is 43.4. The molecule has 4 aromatic rings. The number of rotatable bonds is 10. The lowest BCUT2D eigenvalue weighted by atomic mass is 9.85. The molecule has 0 aliphatic carbocycles. The molecule has 2 aliphatic heterocycles. The fraction of sp³-hybridized carbons (Fsp3) is 0.419. The van der Waals surface area contributed by atoms with E-state index in [1.165, 1.54) is 59.5 Å². The second-order valence-electron chi connectivity index (χ2n) is 16.6. The number of carbonyl (C=O) groups is 1. The van der Waals surface area contributed by atoms with Crippen molar-refractivity contribution in [2.24, 2.45) is 0 Å². The molecule has 2 heterocycles. The molecule has 6 rings (SSSR count). The molecule has 14 nitrogen and oxygen atoms in total. The average Bonchev–Trinajstić information content (AvgIpc) is 3.15. The average molecular weight is 821 g/mol. The Balaban J connectivity index is 0.000000230. The van der Waals surface area contributed by atoms with E-state index >= 15 is 0 Å². The summed E-state index contributed by atoms with van der Waals surface area (Å²) >= 11 is 0. The van der Waals surface area contributed by atoms with E-state index in [1.807, 2.05) is 0 Å². The number of nitro groups is 2. The predicted octanol–water partition coefficient (Wildman–Crippen LogP) is 7.93. The van der Waals surface area contributed by atoms with Crippen LogP contribution in [0.25, 0.3) is 0 Å². The van der Waals surface area contributed by atoms with Crippen LogP contribution < -0.4 is 14.8 Å². The summed E-state index contributed by atoms with van der Waals surface area (Å²) in [6, 6.07) is 19.4. The molecular weight excluding hydrogens is 770 g/mol. The van der Waals surface area contributed by atoms with Crippen molar-refractivity contribution in [3.05, 3.63) is 139 Å². The van der Waals surface area contributed by atoms with Gasteiger partial charge in [-0.25, -0.2) is 13.6 Å². The van der Waals surface area contributed by atoms with Gasteiger partial charge in [-0.05, 0) is 115 Å². The summed E-state index contributed by atoms with van der Waals surface area (Å²) in [6.07, 6.45) is -1.58. The first kappa shape index (κ1) is 44.4. The lowest BCUT2D eigenvalue weighted by Crippen LogP contribution is -2.55. The summed E-state index contributed by atoms with van der Waals surface area (Å²) in [6.45, 7) is 12.7. The van der Waals surface area contributed by atoms with E-state index in [1.54, 1.807) is 78.8 Å². The van der Waals surface area contributed by atoms with Crippen LogP contribution in [-0.4, -0.2) is 73.2 Å². The fourth-order valence-electron chi connectivity index (χ4n) is 6.91. The zero-order valence-electron chi connectivity index (χ0n) is 34.0. The van der Waals surface area contributed by atoms with Crippen LogP contribution in [-0.2, 0) is 17.6 Å². The van der Waals surface area contributed by atoms with Crippen LogP contribution in [0.4, 0.5) is 25.0 Å². The number of amides is 1. The fourth-order valence-corrected chi connectivity index (χ4v) is 6.91. The summed E-state index contributed by atoms with van der Waals surface area (Å²) in [4.78, 5) is 35.9.